The third-order valence-electron chi connectivity index (χ3n) is 3.14. The average Bonchev–Trinajstić information content (AvgIpc) is 2.82. The van der Waals surface area contributed by atoms with Gasteiger partial charge in [0, 0.05) is 19.6 Å². The van der Waals surface area contributed by atoms with Crippen molar-refractivity contribution in [3.05, 3.63) is 4.88 Å². The van der Waals surface area contributed by atoms with Crippen LogP contribution in [0.3, 0.4) is 0 Å². The van der Waals surface area contributed by atoms with E-state index < -0.39 is 0 Å². The molecule has 1 aromatic heterocycles. The number of nitrogen functional groups attached to an aromatic ring is 1. The molecule has 2 rings (SSSR count). The van der Waals surface area contributed by atoms with Crippen LogP contribution in [-0.2, 0) is 0 Å². The maximum Gasteiger partial charge on any atom is 0.267 e. The second kappa shape index (κ2) is 4.76. The number of nitrogens with two attached hydrogens (primary N) is 1. The fraction of sp³-hybridized carbons (Fsp3) is 0.667. The zero-order chi connectivity index (χ0) is 13.3. The number of hydrogen-bond donors (Lipinski definition) is 2. The van der Waals surface area contributed by atoms with E-state index in [1.165, 1.54) is 11.3 Å². The van der Waals surface area contributed by atoms with Gasteiger partial charge in [0.1, 0.15) is 10.7 Å². The van der Waals surface area contributed by atoms with Gasteiger partial charge in [-0.15, -0.1) is 0 Å². The number of carbonyl (C=O) groups excluding carboxylic acids is 1. The third kappa shape index (κ3) is 2.58. The highest BCUT2D eigenvalue weighted by Crippen LogP contribution is 2.32. The lowest BCUT2D eigenvalue weighted by Gasteiger charge is -2.19. The molecule has 0 unspecified atom stereocenters. The lowest BCUT2D eigenvalue weighted by Crippen LogP contribution is -2.30. The predicted molar refractivity (Wildman–Crippen MR) is 75.0 cm³/mol. The first-order chi connectivity index (χ1) is 8.43. The highest BCUT2D eigenvalue weighted by atomic mass is 32.1. The molecule has 0 aromatic carbocycles. The van der Waals surface area contributed by atoms with E-state index in [-0.39, 0.29) is 11.3 Å². The summed E-state index contributed by atoms with van der Waals surface area (Å²) in [6.07, 6.45) is 1.04. The predicted octanol–water partition coefficient (Wildman–Crippen LogP) is 2.03. The van der Waals surface area contributed by atoms with Crippen LogP contribution in [0.15, 0.2) is 0 Å². The van der Waals surface area contributed by atoms with Crippen LogP contribution in [0.2, 0.25) is 0 Å². The molecule has 0 bridgehead atoms. The fourth-order valence-corrected chi connectivity index (χ4v) is 3.06. The quantitative estimate of drug-likeness (QED) is 0.880. The second-order valence-corrected chi connectivity index (χ2v) is 6.40. The summed E-state index contributed by atoms with van der Waals surface area (Å²) >= 11 is 1.34. The number of nitrogens with zero attached hydrogens (tertiary/aromatic N) is 2. The van der Waals surface area contributed by atoms with Crippen LogP contribution in [0.4, 0.5) is 10.9 Å². The molecular weight excluding hydrogens is 248 g/mol. The van der Waals surface area contributed by atoms with E-state index in [2.05, 4.69) is 24.1 Å². The van der Waals surface area contributed by atoms with E-state index in [4.69, 9.17) is 5.73 Å². The number of likely N-dealkylation sites (tertiary alicyclic amines) is 1. The normalized spacial score (nSPS) is 18.1. The van der Waals surface area contributed by atoms with Gasteiger partial charge in [0.2, 0.25) is 0 Å². The fourth-order valence-electron chi connectivity index (χ4n) is 2.14. The van der Waals surface area contributed by atoms with Crippen molar-refractivity contribution < 1.29 is 4.79 Å². The van der Waals surface area contributed by atoms with E-state index in [1.54, 1.807) is 0 Å². The van der Waals surface area contributed by atoms with Gasteiger partial charge in [0.25, 0.3) is 5.91 Å². The number of thiazole rings is 1. The van der Waals surface area contributed by atoms with Crippen LogP contribution < -0.4 is 11.1 Å². The van der Waals surface area contributed by atoms with Crippen LogP contribution >= 0.6 is 11.3 Å². The van der Waals surface area contributed by atoms with Crippen LogP contribution in [-0.4, -0.2) is 35.4 Å². The third-order valence-corrected chi connectivity index (χ3v) is 4.16. The van der Waals surface area contributed by atoms with Gasteiger partial charge in [-0.2, -0.15) is 0 Å². The van der Waals surface area contributed by atoms with Crippen LogP contribution in [0.25, 0.3) is 0 Å². The van der Waals surface area contributed by atoms with Crippen LogP contribution in [0, 0.1) is 5.41 Å². The Morgan fingerprint density at radius 3 is 2.89 bits per heavy atom. The molecule has 18 heavy (non-hydrogen) atoms. The molecular formula is C12H20N4OS. The molecule has 0 atom stereocenters. The largest absolute Gasteiger partial charge is 0.382 e. The zero-order valence-corrected chi connectivity index (χ0v) is 11.9. The number of hydrogen-bond acceptors (Lipinski definition) is 5. The lowest BCUT2D eigenvalue weighted by atomic mass is 9.93. The number of rotatable bonds is 3. The molecule has 0 spiro atoms. The summed E-state index contributed by atoms with van der Waals surface area (Å²) in [7, 11) is 0. The Morgan fingerprint density at radius 1 is 1.61 bits per heavy atom. The average molecular weight is 268 g/mol. The molecule has 1 saturated heterocycles. The molecule has 5 nitrogen and oxygen atoms in total. The second-order valence-electron chi connectivity index (χ2n) is 5.40. The van der Waals surface area contributed by atoms with Gasteiger partial charge in [-0.3, -0.25) is 4.79 Å². The maximum atomic E-state index is 12.4. The van der Waals surface area contributed by atoms with Crippen LogP contribution in [0.5, 0.6) is 0 Å². The van der Waals surface area contributed by atoms with Crippen molar-refractivity contribution in [2.24, 2.45) is 5.41 Å². The van der Waals surface area contributed by atoms with E-state index in [9.17, 15) is 4.79 Å². The number of anilines is 2. The smallest absolute Gasteiger partial charge is 0.267 e. The number of amides is 1. The summed E-state index contributed by atoms with van der Waals surface area (Å²) in [6, 6.07) is 0. The molecule has 1 aliphatic rings. The molecule has 0 aliphatic carbocycles. The van der Waals surface area contributed by atoms with Crippen molar-refractivity contribution in [1.29, 1.82) is 0 Å². The van der Waals surface area contributed by atoms with Crippen molar-refractivity contribution in [2.45, 2.75) is 27.2 Å². The molecule has 100 valence electrons. The lowest BCUT2D eigenvalue weighted by molar-refractivity contribution is 0.0784. The topological polar surface area (TPSA) is 71.2 Å². The van der Waals surface area contributed by atoms with Gasteiger partial charge in [-0.25, -0.2) is 4.98 Å². The molecule has 6 heteroatoms. The minimum absolute atomic E-state index is 0.0136. The highest BCUT2D eigenvalue weighted by Gasteiger charge is 2.34. The molecule has 1 amide bonds. The van der Waals surface area contributed by atoms with E-state index in [0.717, 1.165) is 31.2 Å². The molecule has 0 radical (unpaired) electrons. The van der Waals surface area contributed by atoms with Gasteiger partial charge in [0.05, 0.1) is 0 Å². The van der Waals surface area contributed by atoms with Crippen LogP contribution in [0.1, 0.15) is 36.9 Å². The van der Waals surface area contributed by atoms with E-state index in [0.29, 0.717) is 10.7 Å². The standard InChI is InChI=1S/C12H20N4OS/c1-4-14-11-15-9(13)8(18-11)10(17)16-6-5-12(2,3)7-16/h4-7,13H2,1-3H3,(H,14,15). The summed E-state index contributed by atoms with van der Waals surface area (Å²) < 4.78 is 0. The summed E-state index contributed by atoms with van der Waals surface area (Å²) in [6.45, 7) is 8.72. The zero-order valence-electron chi connectivity index (χ0n) is 11.1. The van der Waals surface area contributed by atoms with Crippen molar-refractivity contribution in [2.75, 3.05) is 30.7 Å². The SMILES string of the molecule is CCNc1nc(N)c(C(=O)N2CCC(C)(C)C2)s1. The van der Waals surface area contributed by atoms with Gasteiger partial charge in [-0.1, -0.05) is 25.2 Å². The molecule has 1 aliphatic heterocycles. The molecule has 1 fully saturated rings. The minimum atomic E-state index is 0.0136. The first kappa shape index (κ1) is 13.1. The Labute approximate surface area is 111 Å². The number of aromatic nitrogens is 1. The van der Waals surface area contributed by atoms with Gasteiger partial charge < -0.3 is 16.0 Å². The Kier molecular flexibility index (Phi) is 3.47. The minimum Gasteiger partial charge on any atom is -0.382 e. The highest BCUT2D eigenvalue weighted by molar-refractivity contribution is 7.18. The van der Waals surface area contributed by atoms with Gasteiger partial charge in [0.15, 0.2) is 5.13 Å². The van der Waals surface area contributed by atoms with Gasteiger partial charge >= 0.3 is 0 Å². The molecule has 3 N–H and O–H groups in total. The Bertz CT molecular complexity index is 455. The molecule has 2 heterocycles. The van der Waals surface area contributed by atoms with Crippen molar-refractivity contribution in [1.82, 2.24) is 9.88 Å². The summed E-state index contributed by atoms with van der Waals surface area (Å²) in [5, 5.41) is 3.81. The van der Waals surface area contributed by atoms with Crippen molar-refractivity contribution in [3.8, 4) is 0 Å². The Balaban J connectivity index is 2.14. The Hall–Kier alpha value is -1.30. The van der Waals surface area contributed by atoms with E-state index >= 15 is 0 Å². The van der Waals surface area contributed by atoms with Crippen molar-refractivity contribution >= 4 is 28.2 Å². The monoisotopic (exact) mass is 268 g/mol. The Morgan fingerprint density at radius 2 is 2.33 bits per heavy atom. The first-order valence-corrected chi connectivity index (χ1v) is 7.04. The van der Waals surface area contributed by atoms with E-state index in [1.807, 2.05) is 11.8 Å². The summed E-state index contributed by atoms with van der Waals surface area (Å²) in [5.74, 6) is 0.352. The van der Waals surface area contributed by atoms with Crippen molar-refractivity contribution in [3.63, 3.8) is 0 Å². The number of nitrogens with one attached hydrogen (secondary N) is 1. The summed E-state index contributed by atoms with van der Waals surface area (Å²) in [5.41, 5.74) is 6.03. The maximum absolute atomic E-state index is 12.4. The first-order valence-electron chi connectivity index (χ1n) is 6.22. The van der Waals surface area contributed by atoms with Gasteiger partial charge in [-0.05, 0) is 18.8 Å². The molecule has 1 aromatic rings. The summed E-state index contributed by atoms with van der Waals surface area (Å²) in [4.78, 5) is 19.0. The molecule has 0 saturated carbocycles. The number of carbonyl (C=O) groups is 1.